The number of anilines is 1. The Balaban J connectivity index is 1.34. The van der Waals surface area contributed by atoms with Crippen molar-refractivity contribution in [3.8, 4) is 11.5 Å². The lowest BCUT2D eigenvalue weighted by Crippen LogP contribution is -2.39. The third-order valence-corrected chi connectivity index (χ3v) is 8.45. The van der Waals surface area contributed by atoms with E-state index in [1.54, 1.807) is 60.7 Å². The van der Waals surface area contributed by atoms with E-state index in [9.17, 15) is 18.0 Å². The van der Waals surface area contributed by atoms with Crippen molar-refractivity contribution in [3.05, 3.63) is 120 Å². The maximum Gasteiger partial charge on any atom is 0.264 e. The fourth-order valence-electron chi connectivity index (χ4n) is 4.28. The first-order valence-electron chi connectivity index (χ1n) is 14.4. The largest absolute Gasteiger partial charge is 0.494 e. The molecule has 0 saturated carbocycles. The van der Waals surface area contributed by atoms with Gasteiger partial charge in [0.25, 0.3) is 21.8 Å². The van der Waals surface area contributed by atoms with Crippen molar-refractivity contribution in [2.75, 3.05) is 24.1 Å². The summed E-state index contributed by atoms with van der Waals surface area (Å²) in [5, 5.41) is 6.88. The SMILES string of the molecule is CCOc1ccc(S(=O)(=O)N(CC(=O)N/N=C\c2ccc(OCC(=O)N[C@@H](C)c3ccccc3)cc2)c2ccc(C)cc2)cc1. The molecule has 0 aliphatic heterocycles. The highest BCUT2D eigenvalue weighted by Gasteiger charge is 2.27. The minimum absolute atomic E-state index is 0.0216. The number of hydrogen-bond acceptors (Lipinski definition) is 7. The molecule has 2 amide bonds. The summed E-state index contributed by atoms with van der Waals surface area (Å²) in [4.78, 5) is 25.2. The molecule has 0 spiro atoms. The first kappa shape index (κ1) is 32.7. The van der Waals surface area contributed by atoms with Gasteiger partial charge in [-0.2, -0.15) is 5.10 Å². The lowest BCUT2D eigenvalue weighted by Gasteiger charge is -2.24. The fraction of sp³-hybridized carbons (Fsp3) is 0.206. The molecule has 0 radical (unpaired) electrons. The van der Waals surface area contributed by atoms with Gasteiger partial charge in [-0.1, -0.05) is 48.0 Å². The van der Waals surface area contributed by atoms with Crippen LogP contribution in [0.15, 0.2) is 113 Å². The highest BCUT2D eigenvalue weighted by molar-refractivity contribution is 7.92. The lowest BCUT2D eigenvalue weighted by atomic mass is 10.1. The quantitative estimate of drug-likeness (QED) is 0.150. The molecule has 0 aliphatic carbocycles. The van der Waals surface area contributed by atoms with Crippen molar-refractivity contribution in [3.63, 3.8) is 0 Å². The van der Waals surface area contributed by atoms with Gasteiger partial charge in [-0.05, 0) is 92.6 Å². The Hall–Kier alpha value is -5.16. The number of amides is 2. The van der Waals surface area contributed by atoms with E-state index in [0.29, 0.717) is 29.4 Å². The van der Waals surface area contributed by atoms with Gasteiger partial charge < -0.3 is 14.8 Å². The monoisotopic (exact) mass is 628 g/mol. The molecule has 234 valence electrons. The predicted molar refractivity (Wildman–Crippen MR) is 174 cm³/mol. The van der Waals surface area contributed by atoms with Crippen LogP contribution in [-0.4, -0.2) is 46.2 Å². The van der Waals surface area contributed by atoms with Crippen LogP contribution in [0.2, 0.25) is 0 Å². The molecule has 0 heterocycles. The fourth-order valence-corrected chi connectivity index (χ4v) is 5.70. The number of hydrazone groups is 1. The van der Waals surface area contributed by atoms with E-state index in [4.69, 9.17) is 9.47 Å². The van der Waals surface area contributed by atoms with Crippen molar-refractivity contribution < 1.29 is 27.5 Å². The highest BCUT2D eigenvalue weighted by Crippen LogP contribution is 2.25. The minimum atomic E-state index is -4.09. The van der Waals surface area contributed by atoms with Gasteiger partial charge in [0.2, 0.25) is 0 Å². The van der Waals surface area contributed by atoms with Crippen molar-refractivity contribution >= 4 is 33.7 Å². The van der Waals surface area contributed by atoms with Crippen LogP contribution in [0.4, 0.5) is 5.69 Å². The summed E-state index contributed by atoms with van der Waals surface area (Å²) < 4.78 is 39.2. The zero-order valence-corrected chi connectivity index (χ0v) is 26.2. The number of carbonyl (C=O) groups is 2. The van der Waals surface area contributed by atoms with E-state index in [1.807, 2.05) is 51.1 Å². The molecule has 10 nitrogen and oxygen atoms in total. The highest BCUT2D eigenvalue weighted by atomic mass is 32.2. The minimum Gasteiger partial charge on any atom is -0.494 e. The molecule has 0 unspecified atom stereocenters. The molecular formula is C34H36N4O6S. The molecule has 0 fully saturated rings. The lowest BCUT2D eigenvalue weighted by molar-refractivity contribution is -0.123. The number of benzene rings is 4. The van der Waals surface area contributed by atoms with Gasteiger partial charge in [0.05, 0.1) is 29.4 Å². The smallest absolute Gasteiger partial charge is 0.264 e. The molecule has 1 atom stereocenters. The van der Waals surface area contributed by atoms with E-state index in [-0.39, 0.29) is 23.5 Å². The van der Waals surface area contributed by atoms with E-state index >= 15 is 0 Å². The number of sulfonamides is 1. The van der Waals surface area contributed by atoms with Crippen LogP contribution in [0.25, 0.3) is 0 Å². The summed E-state index contributed by atoms with van der Waals surface area (Å²) in [6, 6.07) is 29.2. The average molecular weight is 629 g/mol. The summed E-state index contributed by atoms with van der Waals surface area (Å²) in [6.07, 6.45) is 1.42. The van der Waals surface area contributed by atoms with Crippen molar-refractivity contribution in [2.45, 2.75) is 31.7 Å². The Labute approximate surface area is 263 Å². The number of nitrogens with one attached hydrogen (secondary N) is 2. The molecule has 11 heteroatoms. The first-order valence-corrected chi connectivity index (χ1v) is 15.8. The molecule has 0 aromatic heterocycles. The summed E-state index contributed by atoms with van der Waals surface area (Å²) in [6.45, 7) is 5.45. The normalized spacial score (nSPS) is 11.9. The van der Waals surface area contributed by atoms with Crippen LogP contribution >= 0.6 is 0 Å². The third kappa shape index (κ3) is 9.41. The average Bonchev–Trinajstić information content (AvgIpc) is 3.04. The number of rotatable bonds is 14. The van der Waals surface area contributed by atoms with Crippen LogP contribution in [0, 0.1) is 6.92 Å². The Morgan fingerprint density at radius 1 is 0.844 bits per heavy atom. The van der Waals surface area contributed by atoms with Crippen LogP contribution in [0.5, 0.6) is 11.5 Å². The molecule has 0 bridgehead atoms. The Morgan fingerprint density at radius 2 is 1.47 bits per heavy atom. The van der Waals surface area contributed by atoms with E-state index in [0.717, 1.165) is 15.4 Å². The van der Waals surface area contributed by atoms with Gasteiger partial charge >= 0.3 is 0 Å². The topological polar surface area (TPSA) is 126 Å². The van der Waals surface area contributed by atoms with Gasteiger partial charge in [-0.25, -0.2) is 13.8 Å². The van der Waals surface area contributed by atoms with Crippen LogP contribution < -0.4 is 24.5 Å². The van der Waals surface area contributed by atoms with E-state index in [1.165, 1.54) is 18.3 Å². The predicted octanol–water partition coefficient (Wildman–Crippen LogP) is 5.00. The number of ether oxygens (including phenoxy) is 2. The number of aryl methyl sites for hydroxylation is 1. The summed E-state index contributed by atoms with van der Waals surface area (Å²) in [5.41, 5.74) is 5.34. The first-order chi connectivity index (χ1) is 21.7. The Morgan fingerprint density at radius 3 is 2.11 bits per heavy atom. The van der Waals surface area contributed by atoms with Crippen molar-refractivity contribution in [1.29, 1.82) is 0 Å². The molecular weight excluding hydrogens is 592 g/mol. The zero-order valence-electron chi connectivity index (χ0n) is 25.3. The van der Waals surface area contributed by atoms with Crippen LogP contribution in [0.3, 0.4) is 0 Å². The van der Waals surface area contributed by atoms with Gasteiger partial charge in [-0.15, -0.1) is 0 Å². The second-order valence-electron chi connectivity index (χ2n) is 10.1. The molecule has 4 aromatic rings. The molecule has 4 rings (SSSR count). The molecule has 0 saturated heterocycles. The van der Waals surface area contributed by atoms with E-state index in [2.05, 4.69) is 15.8 Å². The number of nitrogens with zero attached hydrogens (tertiary/aromatic N) is 2. The third-order valence-electron chi connectivity index (χ3n) is 6.66. The Bertz CT molecular complexity index is 1690. The maximum atomic E-state index is 13.6. The second kappa shape index (κ2) is 15.5. The van der Waals surface area contributed by atoms with Gasteiger partial charge in [0.15, 0.2) is 6.61 Å². The second-order valence-corrected chi connectivity index (χ2v) is 12.0. The summed E-state index contributed by atoms with van der Waals surface area (Å²) >= 11 is 0. The Kier molecular flexibility index (Phi) is 11.3. The summed E-state index contributed by atoms with van der Waals surface area (Å²) in [5.74, 6) is 0.164. The number of carbonyl (C=O) groups excluding carboxylic acids is 2. The van der Waals surface area contributed by atoms with Gasteiger partial charge in [-0.3, -0.25) is 13.9 Å². The zero-order chi connectivity index (χ0) is 32.2. The van der Waals surface area contributed by atoms with Crippen LogP contribution in [0.1, 0.15) is 36.6 Å². The molecule has 45 heavy (non-hydrogen) atoms. The maximum absolute atomic E-state index is 13.6. The number of hydrogen-bond donors (Lipinski definition) is 2. The molecule has 2 N–H and O–H groups in total. The van der Waals surface area contributed by atoms with E-state index < -0.39 is 22.5 Å². The van der Waals surface area contributed by atoms with Crippen molar-refractivity contribution in [2.24, 2.45) is 5.10 Å². The van der Waals surface area contributed by atoms with Gasteiger partial charge in [0.1, 0.15) is 18.0 Å². The standard InChI is InChI=1S/C34H36N4O6S/c1-4-43-30-18-20-32(21-19-30)45(41,42)38(29-14-10-25(2)11-15-29)23-33(39)37-35-22-27-12-16-31(17-13-27)44-24-34(40)36-26(3)28-8-6-5-7-9-28/h5-22,26H,4,23-24H2,1-3H3,(H,36,40)(H,37,39)/b35-22-/t26-/m0/s1. The van der Waals surface area contributed by atoms with Crippen LogP contribution in [-0.2, 0) is 19.6 Å². The summed E-state index contributed by atoms with van der Waals surface area (Å²) in [7, 11) is -4.09. The molecule has 4 aromatic carbocycles. The van der Waals surface area contributed by atoms with Gasteiger partial charge in [0, 0.05) is 0 Å². The molecule has 0 aliphatic rings. The van der Waals surface area contributed by atoms with Crippen molar-refractivity contribution in [1.82, 2.24) is 10.7 Å².